The fourth-order valence-electron chi connectivity index (χ4n) is 1.62. The van der Waals surface area contributed by atoms with Crippen molar-refractivity contribution in [2.75, 3.05) is 29.2 Å². The minimum absolute atomic E-state index is 0.0371. The van der Waals surface area contributed by atoms with Gasteiger partial charge in [-0.2, -0.15) is 0 Å². The van der Waals surface area contributed by atoms with Crippen LogP contribution in [0.5, 0.6) is 0 Å². The molecule has 1 unspecified atom stereocenters. The first-order valence-corrected chi connectivity index (χ1v) is 8.84. The highest BCUT2D eigenvalue weighted by Gasteiger charge is 2.18. The van der Waals surface area contributed by atoms with E-state index in [0.717, 1.165) is 0 Å². The van der Waals surface area contributed by atoms with E-state index in [1.807, 2.05) is 0 Å². The Morgan fingerprint density at radius 2 is 2.30 bits per heavy atom. The molecule has 1 heterocycles. The van der Waals surface area contributed by atoms with Crippen molar-refractivity contribution in [1.82, 2.24) is 10.3 Å². The van der Waals surface area contributed by atoms with E-state index in [9.17, 15) is 14.2 Å². The highest BCUT2D eigenvalue weighted by atomic mass is 79.9. The van der Waals surface area contributed by atoms with E-state index >= 15 is 0 Å². The Labute approximate surface area is 142 Å². The van der Waals surface area contributed by atoms with Crippen LogP contribution in [0, 0.1) is 5.82 Å². The molecule has 0 saturated heterocycles. The van der Waals surface area contributed by atoms with E-state index in [4.69, 9.17) is 0 Å². The largest absolute Gasteiger partial charge is 0.617 e. The highest BCUT2D eigenvalue weighted by Crippen LogP contribution is 2.21. The molecule has 0 bridgehead atoms. The first-order chi connectivity index (χ1) is 11.0. The molecule has 1 atom stereocenters. The van der Waals surface area contributed by atoms with Crippen LogP contribution < -0.4 is 10.6 Å². The molecule has 3 N–H and O–H groups in total. The Hall–Kier alpha value is -1.85. The quantitative estimate of drug-likeness (QED) is 0.221. The van der Waals surface area contributed by atoms with E-state index in [0.29, 0.717) is 18.0 Å². The summed E-state index contributed by atoms with van der Waals surface area (Å²) < 4.78 is 29.2. The fourth-order valence-corrected chi connectivity index (χ4v) is 2.38. The fraction of sp³-hybridized carbons (Fsp3) is 0.250. The first kappa shape index (κ1) is 17.5. The van der Waals surface area contributed by atoms with Gasteiger partial charge in [0, 0.05) is 5.69 Å². The molecule has 0 aliphatic heterocycles. The Balaban J connectivity index is 2.12. The van der Waals surface area contributed by atoms with Gasteiger partial charge in [-0.1, -0.05) is 16.3 Å². The summed E-state index contributed by atoms with van der Waals surface area (Å²) in [5.74, 6) is 0.189. The molecule has 0 amide bonds. The van der Waals surface area contributed by atoms with Gasteiger partial charge in [0.15, 0.2) is 5.69 Å². The monoisotopic (exact) mass is 405 g/mol. The molecule has 0 aliphatic rings. The van der Waals surface area contributed by atoms with E-state index in [1.165, 1.54) is 18.2 Å². The van der Waals surface area contributed by atoms with Gasteiger partial charge in [0.2, 0.25) is 11.7 Å². The molecule has 2 rings (SSSR count). The third-order valence-corrected chi connectivity index (χ3v) is 4.06. The number of anilines is 2. The molecule has 1 aromatic carbocycles. The Kier molecular flexibility index (Phi) is 6.19. The minimum Gasteiger partial charge on any atom is -0.617 e. The van der Waals surface area contributed by atoms with Gasteiger partial charge in [0.05, 0.1) is 17.3 Å². The number of aromatic nitrogens is 2. The zero-order chi connectivity index (χ0) is 16.8. The molecule has 23 heavy (non-hydrogen) atoms. The topological polar surface area (TPSA) is 119 Å². The van der Waals surface area contributed by atoms with Gasteiger partial charge in [-0.05, 0) is 44.4 Å². The average molecular weight is 406 g/mol. The van der Waals surface area contributed by atoms with Crippen molar-refractivity contribution in [2.24, 2.45) is 5.16 Å². The van der Waals surface area contributed by atoms with Gasteiger partial charge in [-0.3, -0.25) is 0 Å². The van der Waals surface area contributed by atoms with Gasteiger partial charge in [0.1, 0.15) is 11.6 Å². The lowest BCUT2D eigenvalue weighted by atomic mass is 10.3. The van der Waals surface area contributed by atoms with Crippen LogP contribution in [-0.4, -0.2) is 44.5 Å². The number of halogens is 2. The van der Waals surface area contributed by atoms with E-state index in [-0.39, 0.29) is 21.8 Å². The first-order valence-electron chi connectivity index (χ1n) is 6.32. The highest BCUT2D eigenvalue weighted by molar-refractivity contribution is 9.10. The maximum atomic E-state index is 13.2. The van der Waals surface area contributed by atoms with Crippen LogP contribution in [0.4, 0.5) is 15.9 Å². The number of nitrogens with one attached hydrogen (secondary N) is 2. The summed E-state index contributed by atoms with van der Waals surface area (Å²) in [4.78, 5) is 0. The maximum Gasteiger partial charge on any atom is 0.203 e. The van der Waals surface area contributed by atoms with Gasteiger partial charge >= 0.3 is 0 Å². The van der Waals surface area contributed by atoms with Crippen LogP contribution in [0.25, 0.3) is 0 Å². The van der Waals surface area contributed by atoms with Crippen LogP contribution in [0.3, 0.4) is 0 Å². The molecule has 8 nitrogen and oxygen atoms in total. The third-order valence-electron chi connectivity index (χ3n) is 2.68. The second-order valence-electron chi connectivity index (χ2n) is 4.37. The maximum absolute atomic E-state index is 13.2. The predicted molar refractivity (Wildman–Crippen MR) is 87.8 cm³/mol. The van der Waals surface area contributed by atoms with Crippen molar-refractivity contribution < 1.29 is 18.8 Å². The molecule has 1 aromatic heterocycles. The zero-order valence-corrected chi connectivity index (χ0v) is 14.3. The summed E-state index contributed by atoms with van der Waals surface area (Å²) >= 11 is 2.10. The number of amidine groups is 1. The lowest BCUT2D eigenvalue weighted by Crippen LogP contribution is -2.19. The number of benzene rings is 1. The van der Waals surface area contributed by atoms with E-state index in [2.05, 4.69) is 46.7 Å². The van der Waals surface area contributed by atoms with Crippen molar-refractivity contribution >= 4 is 44.4 Å². The second-order valence-corrected chi connectivity index (χ2v) is 6.78. The smallest absolute Gasteiger partial charge is 0.203 e. The van der Waals surface area contributed by atoms with E-state index in [1.54, 1.807) is 6.26 Å². The summed E-state index contributed by atoms with van der Waals surface area (Å²) in [6, 6.07) is 4.19. The summed E-state index contributed by atoms with van der Waals surface area (Å²) in [6.45, 7) is 0.380. The van der Waals surface area contributed by atoms with Gasteiger partial charge < -0.3 is 20.4 Å². The zero-order valence-electron chi connectivity index (χ0n) is 11.9. The Morgan fingerprint density at radius 3 is 2.96 bits per heavy atom. The molecular weight excluding hydrogens is 393 g/mol. The van der Waals surface area contributed by atoms with Gasteiger partial charge in [-0.25, -0.2) is 9.02 Å². The van der Waals surface area contributed by atoms with Gasteiger partial charge in [0.25, 0.3) is 0 Å². The molecule has 0 fully saturated rings. The number of oxime groups is 1. The molecule has 0 aliphatic carbocycles. The minimum atomic E-state index is -0.960. The Morgan fingerprint density at radius 1 is 1.52 bits per heavy atom. The van der Waals surface area contributed by atoms with Crippen LogP contribution in [-0.2, 0) is 11.2 Å². The van der Waals surface area contributed by atoms with Crippen molar-refractivity contribution in [1.29, 1.82) is 0 Å². The van der Waals surface area contributed by atoms with Crippen LogP contribution in [0.2, 0.25) is 0 Å². The van der Waals surface area contributed by atoms with Gasteiger partial charge in [-0.15, -0.1) is 0 Å². The molecular formula is C12H13BrFN5O3S. The standard InChI is InChI=1S/C12H13BrFN5O3S/c1-23(21)5-4-15-11-10(18-22-19-11)12(17-20)16-7-2-3-9(14)8(13)6-7/h2-3,6,20H,4-5H2,1H3,(H,15,19)(H,16,17). The molecule has 0 saturated carbocycles. The average Bonchev–Trinajstić information content (AvgIpc) is 2.96. The number of rotatable bonds is 6. The lowest BCUT2D eigenvalue weighted by molar-refractivity contribution is 0.305. The molecule has 2 aromatic rings. The number of nitrogens with zero attached hydrogens (tertiary/aromatic N) is 3. The third kappa shape index (κ3) is 4.81. The molecule has 11 heteroatoms. The van der Waals surface area contributed by atoms with Crippen LogP contribution in [0.15, 0.2) is 32.5 Å². The van der Waals surface area contributed by atoms with Crippen molar-refractivity contribution in [3.05, 3.63) is 34.2 Å². The summed E-state index contributed by atoms with van der Waals surface area (Å²) in [6.07, 6.45) is 1.58. The van der Waals surface area contributed by atoms with Crippen molar-refractivity contribution in [3.63, 3.8) is 0 Å². The molecule has 0 spiro atoms. The van der Waals surface area contributed by atoms with E-state index < -0.39 is 17.0 Å². The Bertz CT molecular complexity index is 697. The number of hydrogen-bond acceptors (Lipinski definition) is 7. The van der Waals surface area contributed by atoms with Crippen molar-refractivity contribution in [2.45, 2.75) is 0 Å². The SMILES string of the molecule is C[S+]([O-])CCNc1nonc1/C(=N/O)Nc1ccc(F)c(Br)c1. The van der Waals surface area contributed by atoms with Crippen LogP contribution >= 0.6 is 15.9 Å². The normalized spacial score (nSPS) is 13.0. The lowest BCUT2D eigenvalue weighted by Gasteiger charge is -2.09. The predicted octanol–water partition coefficient (Wildman–Crippen LogP) is 2.01. The summed E-state index contributed by atoms with van der Waals surface area (Å²) in [7, 11) is 0. The number of hydrogen-bond donors (Lipinski definition) is 3. The molecule has 124 valence electrons. The second kappa shape index (κ2) is 8.13. The van der Waals surface area contributed by atoms with Crippen LogP contribution in [0.1, 0.15) is 5.69 Å². The molecule has 0 radical (unpaired) electrons. The van der Waals surface area contributed by atoms with Crippen molar-refractivity contribution in [3.8, 4) is 0 Å². The summed E-state index contributed by atoms with van der Waals surface area (Å²) in [5, 5.41) is 25.3. The summed E-state index contributed by atoms with van der Waals surface area (Å²) in [5.41, 5.74) is 0.601.